The van der Waals surface area contributed by atoms with E-state index in [1.807, 2.05) is 272 Å². The van der Waals surface area contributed by atoms with Gasteiger partial charge in [-0.1, -0.05) is 315 Å². The van der Waals surface area contributed by atoms with Gasteiger partial charge in [0.2, 0.25) is 11.6 Å². The highest BCUT2D eigenvalue weighted by atomic mass is 15.1. The molecule has 0 spiro atoms. The molecule has 12 aromatic heterocycles. The van der Waals surface area contributed by atoms with Crippen molar-refractivity contribution < 1.29 is 0 Å². The molecule has 0 N–H and O–H groups in total. The second kappa shape index (κ2) is 40.3. The molecule has 0 aliphatic heterocycles. The fraction of sp³-hybridized carbons (Fsp3) is 0.0702. The number of benzene rings is 12. The lowest BCUT2D eigenvalue weighted by Gasteiger charge is -2.09. The largest absolute Gasteiger partial charge is 0.327 e. The molecule has 0 atom stereocenters. The summed E-state index contributed by atoms with van der Waals surface area (Å²) in [6.45, 7) is 14.5. The summed E-state index contributed by atoms with van der Waals surface area (Å²) in [5, 5.41) is 4.94. The quantitative estimate of drug-likeness (QED) is 0.143. The maximum Gasteiger partial charge on any atom is 0.234 e. The second-order valence-electron chi connectivity index (χ2n) is 31.1. The van der Waals surface area contributed by atoms with Gasteiger partial charge in [-0.25, -0.2) is 39.9 Å². The fourth-order valence-corrected chi connectivity index (χ4v) is 16.3. The van der Waals surface area contributed by atoms with Crippen LogP contribution in [-0.4, -0.2) is 76.6 Å². The Balaban J connectivity index is 0.000000104. The van der Waals surface area contributed by atoms with E-state index in [0.717, 1.165) is 113 Å². The molecule has 130 heavy (non-hydrogen) atoms. The van der Waals surface area contributed by atoms with Gasteiger partial charge in [0.25, 0.3) is 0 Å². The van der Waals surface area contributed by atoms with Crippen LogP contribution < -0.4 is 0 Å². The average molecular weight is 1690 g/mol. The molecule has 0 radical (unpaired) electrons. The minimum absolute atomic E-state index is 0.749. The normalized spacial score (nSPS) is 10.8. The molecule has 0 aliphatic carbocycles. The molecule has 0 unspecified atom stereocenters. The molecule has 12 heterocycles. The molecule has 0 fully saturated rings. The van der Waals surface area contributed by atoms with Gasteiger partial charge in [0, 0.05) is 129 Å². The Morgan fingerprint density at radius 2 is 0.654 bits per heavy atom. The Kier molecular flexibility index (Phi) is 26.4. The Morgan fingerprint density at radius 1 is 0.254 bits per heavy atom. The summed E-state index contributed by atoms with van der Waals surface area (Å²) in [7, 11) is 2.05. The van der Waals surface area contributed by atoms with Crippen molar-refractivity contribution in [3.63, 3.8) is 0 Å². The zero-order valence-electron chi connectivity index (χ0n) is 73.7. The monoisotopic (exact) mass is 1690 g/mol. The van der Waals surface area contributed by atoms with Crippen LogP contribution in [-0.2, 0) is 7.05 Å². The highest BCUT2D eigenvalue weighted by molar-refractivity contribution is 5.97. The number of fused-ring (bicyclic) bond motifs is 8. The Hall–Kier alpha value is -17.0. The van der Waals surface area contributed by atoms with E-state index in [2.05, 4.69) is 285 Å². The van der Waals surface area contributed by atoms with E-state index < -0.39 is 0 Å². The number of aryl methyl sites for hydroxylation is 8. The Bertz CT molecular complexity index is 7300. The zero-order chi connectivity index (χ0) is 89.1. The van der Waals surface area contributed by atoms with Crippen molar-refractivity contribution in [2.24, 2.45) is 7.05 Å². The van der Waals surface area contributed by atoms with Crippen molar-refractivity contribution in [3.05, 3.63) is 478 Å². The second-order valence-corrected chi connectivity index (χ2v) is 31.1. The van der Waals surface area contributed by atoms with E-state index in [-0.39, 0.29) is 0 Å². The minimum Gasteiger partial charge on any atom is -0.327 e. The van der Waals surface area contributed by atoms with Gasteiger partial charge in [0.15, 0.2) is 0 Å². The topological polar surface area (TPSA) is 156 Å². The van der Waals surface area contributed by atoms with E-state index in [1.54, 1.807) is 12.4 Å². The first kappa shape index (κ1) is 85.2. The summed E-state index contributed by atoms with van der Waals surface area (Å²) >= 11 is 0. The summed E-state index contributed by atoms with van der Waals surface area (Å²) in [4.78, 5) is 44.9. The maximum absolute atomic E-state index is 4.65. The van der Waals surface area contributed by atoms with Crippen LogP contribution >= 0.6 is 0 Å². The summed E-state index contributed by atoms with van der Waals surface area (Å²) < 4.78 is 12.6. The van der Waals surface area contributed by atoms with Crippen molar-refractivity contribution in [2.75, 3.05) is 0 Å². The molecular weight excluding hydrogens is 1590 g/mol. The van der Waals surface area contributed by atoms with Crippen LogP contribution in [0.15, 0.2) is 438 Å². The standard InChI is InChI=1S/2C16H13N.4C14H12N2.2C13H11N3/c1-12-16(13-7-3-2-4-8-13)15-10-6-5-9-14(15)11-17-12;1-12-15-10-6-5-9-14(15)11-17-16(12)13-7-3-2-4-8-13;1-16-13-10-6-5-9-12(13)15-14(16)11-7-3-2-4-8-11;1-11-14(12-7-3-2-4-8-12)15-13-9-5-6-10-16(11)13;1-11-14(12-7-3-2-4-8-12)16-10-6-5-9-13(16)15-11;1-11-15-13-9-5-6-10-14(13)16(11)12-7-3-2-4-8-12;1-10-12(11-6-3-2-4-7-11)15-13-14-8-5-9-16(10)13;1-10-12(11-6-3-2-4-7-11)16-9-5-8-14-13(16)15-10/h2*2-11H,1H3;4*2-10H,1H3;2*2-9H,1H3. The molecule has 24 aromatic rings. The Morgan fingerprint density at radius 3 is 1.22 bits per heavy atom. The van der Waals surface area contributed by atoms with Gasteiger partial charge in [-0.05, 0) is 143 Å². The maximum atomic E-state index is 4.65. The highest BCUT2D eigenvalue weighted by Gasteiger charge is 2.17. The third kappa shape index (κ3) is 19.1. The first-order valence-corrected chi connectivity index (χ1v) is 43.3. The van der Waals surface area contributed by atoms with Crippen LogP contribution in [0.1, 0.15) is 39.9 Å². The predicted molar refractivity (Wildman–Crippen MR) is 533 cm³/mol. The molecule has 16 heteroatoms. The smallest absolute Gasteiger partial charge is 0.234 e. The number of aromatic nitrogens is 16. The van der Waals surface area contributed by atoms with Crippen molar-refractivity contribution in [1.29, 1.82) is 0 Å². The molecule has 632 valence electrons. The molecule has 0 aliphatic rings. The van der Waals surface area contributed by atoms with Gasteiger partial charge in [-0.15, -0.1) is 0 Å². The third-order valence-corrected chi connectivity index (χ3v) is 22.6. The molecule has 0 amide bonds. The van der Waals surface area contributed by atoms with Crippen LogP contribution in [0.25, 0.3) is 151 Å². The number of hydrogen-bond acceptors (Lipinski definition) is 10. The summed E-state index contributed by atoms with van der Waals surface area (Å²) in [6.07, 6.45) is 15.5. The number of pyridine rings is 4. The molecule has 0 bridgehead atoms. The van der Waals surface area contributed by atoms with E-state index in [1.165, 1.54) is 77.4 Å². The first-order chi connectivity index (χ1) is 63.9. The summed E-state index contributed by atoms with van der Waals surface area (Å²) in [6, 6.07) is 132. The lowest BCUT2D eigenvalue weighted by molar-refractivity contribution is 0.959. The number of nitrogens with zero attached hydrogens (tertiary/aromatic N) is 16. The van der Waals surface area contributed by atoms with E-state index in [4.69, 9.17) is 0 Å². The minimum atomic E-state index is 0.749. The van der Waals surface area contributed by atoms with Gasteiger partial charge in [-0.2, -0.15) is 0 Å². The van der Waals surface area contributed by atoms with Crippen molar-refractivity contribution in [2.45, 2.75) is 48.5 Å². The van der Waals surface area contributed by atoms with E-state index in [0.29, 0.717) is 0 Å². The van der Waals surface area contributed by atoms with Crippen LogP contribution in [0.2, 0.25) is 0 Å². The van der Waals surface area contributed by atoms with Crippen molar-refractivity contribution >= 4 is 66.5 Å². The predicted octanol–water partition coefficient (Wildman–Crippen LogP) is 27.0. The van der Waals surface area contributed by atoms with Crippen LogP contribution in [0.5, 0.6) is 0 Å². The molecular formula is C114H96N16. The SMILES string of the molecule is Cc1c(-c2ccccc2)nc2ccccn12.Cc1c(-c2ccccc2)nc2ncccn12.Cc1c(-c2ccccc2)ncc2ccccc12.Cc1nc2ccccc2n1-c1ccccc1.Cc1nc2ccccn2c1-c1ccccc1.Cc1nc2ncccn2c1-c1ccccc1.Cc1ncc2ccccc2c1-c1ccccc1.Cn1c(-c2ccccc2)nc2ccccc21. The number of para-hydroxylation sites is 5. The highest BCUT2D eigenvalue weighted by Crippen LogP contribution is 2.34. The number of rotatable bonds is 8. The molecule has 16 nitrogen and oxygen atoms in total. The molecule has 0 saturated carbocycles. The van der Waals surface area contributed by atoms with Crippen LogP contribution in [0.4, 0.5) is 0 Å². The fourth-order valence-electron chi connectivity index (χ4n) is 16.3. The molecule has 24 rings (SSSR count). The Labute approximate surface area is 755 Å². The first-order valence-electron chi connectivity index (χ1n) is 43.3. The van der Waals surface area contributed by atoms with Gasteiger partial charge in [-0.3, -0.25) is 27.7 Å². The summed E-state index contributed by atoms with van der Waals surface area (Å²) in [5.41, 5.74) is 29.2. The van der Waals surface area contributed by atoms with Gasteiger partial charge in [0.05, 0.1) is 61.9 Å². The van der Waals surface area contributed by atoms with E-state index >= 15 is 0 Å². The lowest BCUT2D eigenvalue weighted by Crippen LogP contribution is -1.95. The van der Waals surface area contributed by atoms with Crippen LogP contribution in [0, 0.1) is 48.5 Å². The van der Waals surface area contributed by atoms with Crippen molar-refractivity contribution in [1.82, 2.24) is 76.6 Å². The van der Waals surface area contributed by atoms with Crippen LogP contribution in [0.3, 0.4) is 0 Å². The number of hydrogen-bond donors (Lipinski definition) is 0. The van der Waals surface area contributed by atoms with E-state index in [9.17, 15) is 0 Å². The number of imidazole rings is 6. The van der Waals surface area contributed by atoms with Gasteiger partial charge >= 0.3 is 0 Å². The van der Waals surface area contributed by atoms with Gasteiger partial charge in [0.1, 0.15) is 22.9 Å². The lowest BCUT2D eigenvalue weighted by atomic mass is 9.98. The van der Waals surface area contributed by atoms with Crippen molar-refractivity contribution in [3.8, 4) is 84.5 Å². The molecule has 0 saturated heterocycles. The van der Waals surface area contributed by atoms with Gasteiger partial charge < -0.3 is 8.97 Å². The zero-order valence-corrected chi connectivity index (χ0v) is 73.7. The summed E-state index contributed by atoms with van der Waals surface area (Å²) in [5.74, 6) is 3.53. The average Bonchev–Trinajstić information content (AvgIpc) is 1.78. The molecule has 12 aromatic carbocycles. The third-order valence-electron chi connectivity index (χ3n) is 22.6.